The molecule has 80 valence electrons. The number of aryl methyl sites for hydroxylation is 2. The minimum atomic E-state index is 0.892. The highest BCUT2D eigenvalue weighted by Crippen LogP contribution is 2.20. The van der Waals surface area contributed by atoms with Crippen molar-refractivity contribution in [3.63, 3.8) is 0 Å². The molecule has 0 unspecified atom stereocenters. The molecule has 3 nitrogen and oxygen atoms in total. The third-order valence-electron chi connectivity index (χ3n) is 2.17. The minimum Gasteiger partial charge on any atom is -0.311 e. The fourth-order valence-electron chi connectivity index (χ4n) is 1.42. The van der Waals surface area contributed by atoms with Crippen LogP contribution in [0.25, 0.3) is 0 Å². The average Bonchev–Trinajstić information content (AvgIpc) is 2.45. The van der Waals surface area contributed by atoms with Crippen LogP contribution in [0.3, 0.4) is 0 Å². The Labute approximate surface area is 94.0 Å². The van der Waals surface area contributed by atoms with Crippen LogP contribution >= 0.6 is 15.9 Å². The van der Waals surface area contributed by atoms with Gasteiger partial charge in [0.1, 0.15) is 0 Å². The van der Waals surface area contributed by atoms with Crippen LogP contribution < -0.4 is 5.32 Å². The van der Waals surface area contributed by atoms with Crippen LogP contribution in [0, 0.1) is 6.92 Å². The largest absolute Gasteiger partial charge is 0.311 e. The summed E-state index contributed by atoms with van der Waals surface area (Å²) in [5, 5.41) is 7.83. The van der Waals surface area contributed by atoms with Crippen molar-refractivity contribution in [2.24, 2.45) is 0 Å². The second-order valence-corrected chi connectivity index (χ2v) is 4.13. The summed E-state index contributed by atoms with van der Waals surface area (Å²) in [4.78, 5) is 0. The van der Waals surface area contributed by atoms with E-state index in [0.717, 1.165) is 36.2 Å². The summed E-state index contributed by atoms with van der Waals surface area (Å²) in [6, 6.07) is 0. The van der Waals surface area contributed by atoms with E-state index in [2.05, 4.69) is 40.2 Å². The van der Waals surface area contributed by atoms with Gasteiger partial charge in [0.05, 0.1) is 15.9 Å². The summed E-state index contributed by atoms with van der Waals surface area (Å²) in [6.45, 7) is 9.19. The van der Waals surface area contributed by atoms with Crippen LogP contribution in [-0.4, -0.2) is 16.3 Å². The van der Waals surface area contributed by atoms with Gasteiger partial charge in [-0.2, -0.15) is 5.10 Å². The number of aromatic nitrogens is 2. The fraction of sp³-hybridized carbons (Fsp3) is 0.700. The Kier molecular flexibility index (Phi) is 4.62. The minimum absolute atomic E-state index is 0.892. The SMILES string of the molecule is CCCNCc1c(Br)c(C)nn1CC. The van der Waals surface area contributed by atoms with Gasteiger partial charge in [0.2, 0.25) is 0 Å². The number of rotatable bonds is 5. The van der Waals surface area contributed by atoms with E-state index in [0.29, 0.717) is 0 Å². The Morgan fingerprint density at radius 3 is 2.71 bits per heavy atom. The average molecular weight is 260 g/mol. The first-order chi connectivity index (χ1) is 6.70. The first kappa shape index (κ1) is 11.7. The summed E-state index contributed by atoms with van der Waals surface area (Å²) in [6.07, 6.45) is 1.16. The first-order valence-electron chi connectivity index (χ1n) is 5.13. The molecule has 1 aromatic heterocycles. The zero-order chi connectivity index (χ0) is 10.6. The van der Waals surface area contributed by atoms with Gasteiger partial charge in [0.25, 0.3) is 0 Å². The Morgan fingerprint density at radius 1 is 1.43 bits per heavy atom. The number of hydrogen-bond acceptors (Lipinski definition) is 2. The molecule has 1 aromatic rings. The van der Waals surface area contributed by atoms with Crippen molar-refractivity contribution in [3.8, 4) is 0 Å². The second-order valence-electron chi connectivity index (χ2n) is 3.34. The predicted molar refractivity (Wildman–Crippen MR) is 62.3 cm³/mol. The van der Waals surface area contributed by atoms with Gasteiger partial charge in [-0.3, -0.25) is 4.68 Å². The monoisotopic (exact) mass is 259 g/mol. The lowest BCUT2D eigenvalue weighted by molar-refractivity contribution is 0.576. The van der Waals surface area contributed by atoms with Gasteiger partial charge in [-0.1, -0.05) is 6.92 Å². The Hall–Kier alpha value is -0.350. The Balaban J connectivity index is 2.72. The topological polar surface area (TPSA) is 29.9 Å². The smallest absolute Gasteiger partial charge is 0.0739 e. The summed E-state index contributed by atoms with van der Waals surface area (Å²) in [5.41, 5.74) is 2.32. The van der Waals surface area contributed by atoms with E-state index >= 15 is 0 Å². The van der Waals surface area contributed by atoms with Crippen LogP contribution in [0.4, 0.5) is 0 Å². The Morgan fingerprint density at radius 2 is 2.14 bits per heavy atom. The van der Waals surface area contributed by atoms with E-state index in [4.69, 9.17) is 0 Å². The lowest BCUT2D eigenvalue weighted by Gasteiger charge is -2.06. The molecule has 0 aliphatic rings. The van der Waals surface area contributed by atoms with Crippen molar-refractivity contribution < 1.29 is 0 Å². The summed E-state index contributed by atoms with van der Waals surface area (Å²) in [5.74, 6) is 0. The third-order valence-corrected chi connectivity index (χ3v) is 3.20. The standard InChI is InChI=1S/C10H18BrN3/c1-4-6-12-7-9-10(11)8(3)13-14(9)5-2/h12H,4-7H2,1-3H3. The molecule has 1 N–H and O–H groups in total. The molecule has 0 aliphatic heterocycles. The van der Waals surface area contributed by atoms with E-state index in [1.54, 1.807) is 0 Å². The maximum absolute atomic E-state index is 4.44. The second kappa shape index (κ2) is 5.51. The molecule has 1 rings (SSSR count). The van der Waals surface area contributed by atoms with Gasteiger partial charge in [0, 0.05) is 13.1 Å². The zero-order valence-corrected chi connectivity index (χ0v) is 10.7. The van der Waals surface area contributed by atoms with E-state index in [-0.39, 0.29) is 0 Å². The lowest BCUT2D eigenvalue weighted by atomic mass is 10.3. The van der Waals surface area contributed by atoms with E-state index < -0.39 is 0 Å². The normalized spacial score (nSPS) is 10.9. The molecule has 0 aromatic carbocycles. The van der Waals surface area contributed by atoms with Crippen molar-refractivity contribution in [3.05, 3.63) is 15.9 Å². The maximum atomic E-state index is 4.44. The number of nitrogens with one attached hydrogen (secondary N) is 1. The van der Waals surface area contributed by atoms with Crippen molar-refractivity contribution in [1.82, 2.24) is 15.1 Å². The molecular weight excluding hydrogens is 242 g/mol. The predicted octanol–water partition coefficient (Wildman–Crippen LogP) is 2.47. The van der Waals surface area contributed by atoms with Crippen LogP contribution in [0.5, 0.6) is 0 Å². The van der Waals surface area contributed by atoms with Crippen LogP contribution in [0.15, 0.2) is 4.47 Å². The van der Waals surface area contributed by atoms with Gasteiger partial charge < -0.3 is 5.32 Å². The van der Waals surface area contributed by atoms with Crippen molar-refractivity contribution in [2.45, 2.75) is 40.3 Å². The molecule has 0 fully saturated rings. The molecule has 4 heteroatoms. The zero-order valence-electron chi connectivity index (χ0n) is 9.10. The van der Waals surface area contributed by atoms with E-state index in [1.165, 1.54) is 5.69 Å². The maximum Gasteiger partial charge on any atom is 0.0739 e. The van der Waals surface area contributed by atoms with Gasteiger partial charge in [-0.05, 0) is 42.7 Å². The van der Waals surface area contributed by atoms with Crippen LogP contribution in [0.2, 0.25) is 0 Å². The highest BCUT2D eigenvalue weighted by Gasteiger charge is 2.10. The van der Waals surface area contributed by atoms with Crippen molar-refractivity contribution in [2.75, 3.05) is 6.54 Å². The molecule has 0 atom stereocenters. The molecule has 0 radical (unpaired) electrons. The summed E-state index contributed by atoms with van der Waals surface area (Å²) < 4.78 is 3.19. The highest BCUT2D eigenvalue weighted by molar-refractivity contribution is 9.10. The van der Waals surface area contributed by atoms with E-state index in [9.17, 15) is 0 Å². The molecule has 1 heterocycles. The molecule has 0 saturated carbocycles. The van der Waals surface area contributed by atoms with Crippen LogP contribution in [-0.2, 0) is 13.1 Å². The molecule has 14 heavy (non-hydrogen) atoms. The van der Waals surface area contributed by atoms with Crippen molar-refractivity contribution >= 4 is 15.9 Å². The van der Waals surface area contributed by atoms with Gasteiger partial charge in [-0.15, -0.1) is 0 Å². The molecule has 0 saturated heterocycles. The first-order valence-corrected chi connectivity index (χ1v) is 5.92. The van der Waals surface area contributed by atoms with Gasteiger partial charge >= 0.3 is 0 Å². The fourth-order valence-corrected chi connectivity index (χ4v) is 1.85. The molecule has 0 aliphatic carbocycles. The lowest BCUT2D eigenvalue weighted by Crippen LogP contribution is -2.17. The van der Waals surface area contributed by atoms with Crippen LogP contribution in [0.1, 0.15) is 31.7 Å². The van der Waals surface area contributed by atoms with E-state index in [1.807, 2.05) is 11.6 Å². The quantitative estimate of drug-likeness (QED) is 0.824. The number of halogens is 1. The molecule has 0 amide bonds. The molecule has 0 spiro atoms. The molecule has 0 bridgehead atoms. The Bertz CT molecular complexity index is 294. The third kappa shape index (κ3) is 2.58. The van der Waals surface area contributed by atoms with Crippen molar-refractivity contribution in [1.29, 1.82) is 0 Å². The summed E-state index contributed by atoms with van der Waals surface area (Å²) >= 11 is 3.57. The number of nitrogens with zero attached hydrogens (tertiary/aromatic N) is 2. The summed E-state index contributed by atoms with van der Waals surface area (Å²) in [7, 11) is 0. The van der Waals surface area contributed by atoms with Gasteiger partial charge in [0.15, 0.2) is 0 Å². The van der Waals surface area contributed by atoms with Gasteiger partial charge in [-0.25, -0.2) is 0 Å². The molecular formula is C10H18BrN3. The highest BCUT2D eigenvalue weighted by atomic mass is 79.9. The number of hydrogen-bond donors (Lipinski definition) is 1.